The maximum absolute atomic E-state index is 12.9. The maximum atomic E-state index is 12.9. The molecule has 1 saturated heterocycles. The average Bonchev–Trinajstić information content (AvgIpc) is 2.91. The summed E-state index contributed by atoms with van der Waals surface area (Å²) in [5, 5.41) is 0. The van der Waals surface area contributed by atoms with Crippen LogP contribution < -0.4 is 15.2 Å². The van der Waals surface area contributed by atoms with Gasteiger partial charge < -0.3 is 24.8 Å². The lowest BCUT2D eigenvalue weighted by Crippen LogP contribution is -2.37. The first-order chi connectivity index (χ1) is 13.4. The first-order valence-corrected chi connectivity index (χ1v) is 9.21. The second kappa shape index (κ2) is 10.5. The van der Waals surface area contributed by atoms with E-state index in [1.165, 1.54) is 7.11 Å². The van der Waals surface area contributed by atoms with Crippen LogP contribution in [0.2, 0.25) is 0 Å². The number of primary amides is 1. The molecule has 9 nitrogen and oxygen atoms in total. The van der Waals surface area contributed by atoms with Gasteiger partial charge in [0.15, 0.2) is 18.1 Å². The van der Waals surface area contributed by atoms with Crippen LogP contribution in [0.1, 0.15) is 23.7 Å². The summed E-state index contributed by atoms with van der Waals surface area (Å²) in [5.74, 6) is -0.282. The molecular formula is C19H27N3O6. The molecule has 0 unspecified atom stereocenters. The molecule has 1 aliphatic rings. The predicted molar refractivity (Wildman–Crippen MR) is 101 cm³/mol. The number of ether oxygens (including phenoxy) is 3. The molecule has 1 aromatic carbocycles. The van der Waals surface area contributed by atoms with Crippen LogP contribution >= 0.6 is 0 Å². The van der Waals surface area contributed by atoms with Gasteiger partial charge in [0.25, 0.3) is 11.8 Å². The van der Waals surface area contributed by atoms with E-state index in [2.05, 4.69) is 0 Å². The lowest BCUT2D eigenvalue weighted by Gasteiger charge is -2.22. The van der Waals surface area contributed by atoms with E-state index in [-0.39, 0.29) is 25.0 Å². The van der Waals surface area contributed by atoms with Crippen molar-refractivity contribution in [1.29, 1.82) is 0 Å². The van der Waals surface area contributed by atoms with Gasteiger partial charge in [0.2, 0.25) is 0 Å². The summed E-state index contributed by atoms with van der Waals surface area (Å²) in [4.78, 5) is 39.2. The summed E-state index contributed by atoms with van der Waals surface area (Å²) in [6, 6.07) is 4.79. The lowest BCUT2D eigenvalue weighted by atomic mass is 10.1. The topological polar surface area (TPSA) is 111 Å². The standard InChI is InChI=1S/C19H27N3O6/c1-3-27-18(24)12-21-7-4-8-22(10-9-21)19(25)14-5-6-15(16(11-14)26-2)28-13-17(20)23/h5-6,11H,3-4,7-10,12-13H2,1-2H3,(H2,20,23). The molecule has 28 heavy (non-hydrogen) atoms. The quantitative estimate of drug-likeness (QED) is 0.631. The lowest BCUT2D eigenvalue weighted by molar-refractivity contribution is -0.144. The fourth-order valence-electron chi connectivity index (χ4n) is 2.97. The Hall–Kier alpha value is -2.81. The average molecular weight is 393 g/mol. The second-order valence-electron chi connectivity index (χ2n) is 6.35. The number of methoxy groups -OCH3 is 1. The van der Waals surface area contributed by atoms with E-state index >= 15 is 0 Å². The van der Waals surface area contributed by atoms with Crippen LogP contribution in [-0.4, -0.2) is 80.6 Å². The van der Waals surface area contributed by atoms with Gasteiger partial charge in [-0.05, 0) is 31.5 Å². The number of nitrogens with zero attached hydrogens (tertiary/aromatic N) is 2. The first-order valence-electron chi connectivity index (χ1n) is 9.21. The van der Waals surface area contributed by atoms with E-state index in [9.17, 15) is 14.4 Å². The first kappa shape index (κ1) is 21.5. The van der Waals surface area contributed by atoms with Crippen LogP contribution in [0.15, 0.2) is 18.2 Å². The zero-order valence-electron chi connectivity index (χ0n) is 16.3. The number of rotatable bonds is 8. The number of amides is 2. The SMILES string of the molecule is CCOC(=O)CN1CCCN(C(=O)c2ccc(OCC(N)=O)c(OC)c2)CC1. The van der Waals surface area contributed by atoms with Gasteiger partial charge in [-0.25, -0.2) is 0 Å². The van der Waals surface area contributed by atoms with Crippen LogP contribution in [0.5, 0.6) is 11.5 Å². The molecule has 2 rings (SSSR count). The maximum Gasteiger partial charge on any atom is 0.320 e. The highest BCUT2D eigenvalue weighted by Gasteiger charge is 2.22. The molecule has 0 aliphatic carbocycles. The highest BCUT2D eigenvalue weighted by atomic mass is 16.5. The third kappa shape index (κ3) is 6.12. The normalized spacial score (nSPS) is 14.9. The minimum absolute atomic E-state index is 0.127. The van der Waals surface area contributed by atoms with Gasteiger partial charge in [0.1, 0.15) is 0 Å². The van der Waals surface area contributed by atoms with Crippen molar-refractivity contribution in [3.05, 3.63) is 23.8 Å². The Bertz CT molecular complexity index is 709. The number of hydrogen-bond donors (Lipinski definition) is 1. The number of nitrogens with two attached hydrogens (primary N) is 1. The molecule has 1 heterocycles. The molecule has 1 aliphatic heterocycles. The smallest absolute Gasteiger partial charge is 0.320 e. The predicted octanol–water partition coefficient (Wildman–Crippen LogP) is 0.270. The highest BCUT2D eigenvalue weighted by Crippen LogP contribution is 2.28. The van der Waals surface area contributed by atoms with Crippen LogP contribution in [0.3, 0.4) is 0 Å². The van der Waals surface area contributed by atoms with Crippen molar-refractivity contribution in [2.24, 2.45) is 5.73 Å². The molecule has 0 radical (unpaired) electrons. The molecule has 0 aromatic heterocycles. The third-order valence-corrected chi connectivity index (χ3v) is 4.31. The largest absolute Gasteiger partial charge is 0.493 e. The molecule has 154 valence electrons. The van der Waals surface area contributed by atoms with Crippen molar-refractivity contribution >= 4 is 17.8 Å². The summed E-state index contributed by atoms with van der Waals surface area (Å²) in [7, 11) is 1.46. The van der Waals surface area contributed by atoms with E-state index in [4.69, 9.17) is 19.9 Å². The second-order valence-corrected chi connectivity index (χ2v) is 6.35. The number of hydrogen-bond acceptors (Lipinski definition) is 7. The number of carbonyl (C=O) groups excluding carboxylic acids is 3. The summed E-state index contributed by atoms with van der Waals surface area (Å²) in [5.41, 5.74) is 5.54. The summed E-state index contributed by atoms with van der Waals surface area (Å²) < 4.78 is 15.5. The Labute approximate surface area is 164 Å². The monoisotopic (exact) mass is 393 g/mol. The van der Waals surface area contributed by atoms with Crippen LogP contribution in [0, 0.1) is 0 Å². The Morgan fingerprint density at radius 1 is 1.11 bits per heavy atom. The number of esters is 1. The van der Waals surface area contributed by atoms with Crippen molar-refractivity contribution in [2.75, 3.05) is 53.0 Å². The minimum atomic E-state index is -0.598. The zero-order valence-corrected chi connectivity index (χ0v) is 16.3. The third-order valence-electron chi connectivity index (χ3n) is 4.31. The fourth-order valence-corrected chi connectivity index (χ4v) is 2.97. The van der Waals surface area contributed by atoms with Gasteiger partial charge >= 0.3 is 5.97 Å². The van der Waals surface area contributed by atoms with E-state index < -0.39 is 5.91 Å². The van der Waals surface area contributed by atoms with Crippen molar-refractivity contribution in [2.45, 2.75) is 13.3 Å². The molecule has 0 bridgehead atoms. The number of carbonyl (C=O) groups is 3. The van der Waals surface area contributed by atoms with Crippen molar-refractivity contribution in [3.63, 3.8) is 0 Å². The van der Waals surface area contributed by atoms with Gasteiger partial charge in [0.05, 0.1) is 20.3 Å². The Kier molecular flexibility index (Phi) is 8.06. The Morgan fingerprint density at radius 2 is 1.89 bits per heavy atom. The van der Waals surface area contributed by atoms with Crippen LogP contribution in [-0.2, 0) is 14.3 Å². The van der Waals surface area contributed by atoms with Gasteiger partial charge in [-0.15, -0.1) is 0 Å². The Morgan fingerprint density at radius 3 is 2.57 bits per heavy atom. The van der Waals surface area contributed by atoms with E-state index in [1.807, 2.05) is 4.90 Å². The number of benzene rings is 1. The van der Waals surface area contributed by atoms with Crippen LogP contribution in [0.25, 0.3) is 0 Å². The summed E-state index contributed by atoms with van der Waals surface area (Å²) in [6.45, 7) is 4.54. The van der Waals surface area contributed by atoms with E-state index in [0.29, 0.717) is 43.3 Å². The van der Waals surface area contributed by atoms with E-state index in [1.54, 1.807) is 30.0 Å². The van der Waals surface area contributed by atoms with Crippen LogP contribution in [0.4, 0.5) is 0 Å². The van der Waals surface area contributed by atoms with Gasteiger partial charge in [-0.1, -0.05) is 0 Å². The molecule has 2 amide bonds. The molecule has 0 saturated carbocycles. The highest BCUT2D eigenvalue weighted by molar-refractivity contribution is 5.95. The van der Waals surface area contributed by atoms with Crippen molar-refractivity contribution in [1.82, 2.24) is 9.80 Å². The molecule has 1 aromatic rings. The minimum Gasteiger partial charge on any atom is -0.493 e. The fraction of sp³-hybridized carbons (Fsp3) is 0.526. The van der Waals surface area contributed by atoms with Crippen molar-refractivity contribution in [3.8, 4) is 11.5 Å². The van der Waals surface area contributed by atoms with Gasteiger partial charge in [-0.2, -0.15) is 0 Å². The van der Waals surface area contributed by atoms with Crippen molar-refractivity contribution < 1.29 is 28.6 Å². The van der Waals surface area contributed by atoms with Gasteiger partial charge in [0, 0.05) is 31.7 Å². The Balaban J connectivity index is 2.01. The molecule has 0 spiro atoms. The molecule has 2 N–H and O–H groups in total. The summed E-state index contributed by atoms with van der Waals surface area (Å²) in [6.07, 6.45) is 0.766. The molecular weight excluding hydrogens is 366 g/mol. The summed E-state index contributed by atoms with van der Waals surface area (Å²) >= 11 is 0. The molecule has 9 heteroatoms. The van der Waals surface area contributed by atoms with Gasteiger partial charge in [-0.3, -0.25) is 19.3 Å². The zero-order chi connectivity index (χ0) is 20.5. The molecule has 0 atom stereocenters. The molecule has 1 fully saturated rings. The van der Waals surface area contributed by atoms with E-state index in [0.717, 1.165) is 13.0 Å².